The number of halogens is 1. The summed E-state index contributed by atoms with van der Waals surface area (Å²) >= 11 is 3.95. The van der Waals surface area contributed by atoms with Gasteiger partial charge in [-0.3, -0.25) is 0 Å². The molecule has 1 heterocycles. The van der Waals surface area contributed by atoms with Crippen LogP contribution in [0.15, 0.2) is 29.6 Å². The molecule has 1 aromatic heterocycles. The van der Waals surface area contributed by atoms with Crippen molar-refractivity contribution in [1.82, 2.24) is 9.97 Å². The standard InChI is InChI=1S/C9H7IN2S/c1-13-9-7-4-6(10)2-3-8(7)11-5-12-9/h2-5H,1H3. The van der Waals surface area contributed by atoms with E-state index in [1.54, 1.807) is 18.1 Å². The fourth-order valence-corrected chi connectivity index (χ4v) is 2.20. The molecule has 0 fully saturated rings. The van der Waals surface area contributed by atoms with Gasteiger partial charge in [0.15, 0.2) is 0 Å². The first kappa shape index (κ1) is 9.21. The predicted octanol–water partition coefficient (Wildman–Crippen LogP) is 2.96. The normalized spacial score (nSPS) is 10.6. The van der Waals surface area contributed by atoms with Crippen molar-refractivity contribution in [3.05, 3.63) is 28.1 Å². The van der Waals surface area contributed by atoms with Crippen molar-refractivity contribution in [2.45, 2.75) is 5.03 Å². The van der Waals surface area contributed by atoms with Gasteiger partial charge in [-0.1, -0.05) is 0 Å². The van der Waals surface area contributed by atoms with E-state index < -0.39 is 0 Å². The van der Waals surface area contributed by atoms with Crippen molar-refractivity contribution in [2.75, 3.05) is 6.26 Å². The van der Waals surface area contributed by atoms with Gasteiger partial charge >= 0.3 is 0 Å². The van der Waals surface area contributed by atoms with Crippen LogP contribution >= 0.6 is 34.4 Å². The summed E-state index contributed by atoms with van der Waals surface area (Å²) in [5.74, 6) is 0. The number of rotatable bonds is 1. The Balaban J connectivity index is 2.79. The molecule has 0 unspecified atom stereocenters. The first-order valence-electron chi connectivity index (χ1n) is 3.75. The van der Waals surface area contributed by atoms with Crippen LogP contribution in [0.3, 0.4) is 0 Å². The molecule has 1 aromatic carbocycles. The third kappa shape index (κ3) is 1.78. The highest BCUT2D eigenvalue weighted by atomic mass is 127. The van der Waals surface area contributed by atoms with Gasteiger partial charge < -0.3 is 0 Å². The Morgan fingerprint density at radius 2 is 2.15 bits per heavy atom. The van der Waals surface area contributed by atoms with Gasteiger partial charge in [0.1, 0.15) is 11.4 Å². The van der Waals surface area contributed by atoms with Crippen molar-refractivity contribution in [3.8, 4) is 0 Å². The van der Waals surface area contributed by atoms with Gasteiger partial charge in [-0.25, -0.2) is 9.97 Å². The van der Waals surface area contributed by atoms with Crippen molar-refractivity contribution in [1.29, 1.82) is 0 Å². The minimum atomic E-state index is 1.01. The molecule has 0 saturated carbocycles. The van der Waals surface area contributed by atoms with Crippen molar-refractivity contribution < 1.29 is 0 Å². The molecule has 0 radical (unpaired) electrons. The lowest BCUT2D eigenvalue weighted by molar-refractivity contribution is 1.10. The molecule has 4 heteroatoms. The maximum Gasteiger partial charge on any atom is 0.117 e. The second-order valence-corrected chi connectivity index (χ2v) is 4.58. The largest absolute Gasteiger partial charge is 0.236 e. The van der Waals surface area contributed by atoms with Crippen LogP contribution in [0.2, 0.25) is 0 Å². The zero-order valence-electron chi connectivity index (χ0n) is 6.99. The van der Waals surface area contributed by atoms with E-state index >= 15 is 0 Å². The second-order valence-electron chi connectivity index (χ2n) is 2.54. The quantitative estimate of drug-likeness (QED) is 0.460. The summed E-state index contributed by atoms with van der Waals surface area (Å²) in [6, 6.07) is 6.19. The molecule has 0 bridgehead atoms. The second kappa shape index (κ2) is 3.79. The molecule has 2 rings (SSSR count). The Morgan fingerprint density at radius 1 is 1.31 bits per heavy atom. The lowest BCUT2D eigenvalue weighted by Gasteiger charge is -2.01. The van der Waals surface area contributed by atoms with Crippen LogP contribution in [0.1, 0.15) is 0 Å². The van der Waals surface area contributed by atoms with Crippen LogP contribution < -0.4 is 0 Å². The number of aromatic nitrogens is 2. The Labute approximate surface area is 94.3 Å². The minimum Gasteiger partial charge on any atom is -0.236 e. The smallest absolute Gasteiger partial charge is 0.117 e. The molecule has 0 saturated heterocycles. The monoisotopic (exact) mass is 302 g/mol. The average molecular weight is 302 g/mol. The summed E-state index contributed by atoms with van der Waals surface area (Å²) in [5, 5.41) is 2.19. The summed E-state index contributed by atoms with van der Waals surface area (Å²) in [4.78, 5) is 8.42. The number of hydrogen-bond donors (Lipinski definition) is 0. The van der Waals surface area contributed by atoms with E-state index in [0.29, 0.717) is 0 Å². The summed E-state index contributed by atoms with van der Waals surface area (Å²) in [6.07, 6.45) is 3.64. The number of hydrogen-bond acceptors (Lipinski definition) is 3. The molecule has 0 N–H and O–H groups in total. The third-order valence-corrected chi connectivity index (χ3v) is 3.14. The molecule has 2 nitrogen and oxygen atoms in total. The van der Waals surface area contributed by atoms with Crippen LogP contribution in [-0.4, -0.2) is 16.2 Å². The summed E-state index contributed by atoms with van der Waals surface area (Å²) in [7, 11) is 0. The molecule has 13 heavy (non-hydrogen) atoms. The van der Waals surface area contributed by atoms with Gasteiger partial charge in [0, 0.05) is 8.96 Å². The SMILES string of the molecule is CSc1ncnc2ccc(I)cc12. The highest BCUT2D eigenvalue weighted by molar-refractivity contribution is 14.1. The summed E-state index contributed by atoms with van der Waals surface area (Å²) in [5.41, 5.74) is 1.01. The fraction of sp³-hybridized carbons (Fsp3) is 0.111. The Morgan fingerprint density at radius 3 is 2.92 bits per heavy atom. The molecular formula is C9H7IN2S. The van der Waals surface area contributed by atoms with Gasteiger partial charge in [0.2, 0.25) is 0 Å². The molecule has 2 aromatic rings. The Kier molecular flexibility index (Phi) is 2.69. The molecule has 0 aliphatic rings. The minimum absolute atomic E-state index is 1.01. The molecule has 0 aliphatic heterocycles. The number of nitrogens with zero attached hydrogens (tertiary/aromatic N) is 2. The highest BCUT2D eigenvalue weighted by Gasteiger charge is 2.01. The fourth-order valence-electron chi connectivity index (χ4n) is 1.17. The molecule has 0 spiro atoms. The van der Waals surface area contributed by atoms with Crippen LogP contribution in [0.25, 0.3) is 10.9 Å². The van der Waals surface area contributed by atoms with Gasteiger partial charge in [-0.15, -0.1) is 11.8 Å². The van der Waals surface area contributed by atoms with E-state index in [1.165, 1.54) is 3.57 Å². The van der Waals surface area contributed by atoms with E-state index in [1.807, 2.05) is 12.3 Å². The van der Waals surface area contributed by atoms with Crippen LogP contribution in [0.5, 0.6) is 0 Å². The maximum absolute atomic E-state index is 4.22. The van der Waals surface area contributed by atoms with E-state index in [4.69, 9.17) is 0 Å². The van der Waals surface area contributed by atoms with Crippen molar-refractivity contribution in [3.63, 3.8) is 0 Å². The molecule has 0 atom stereocenters. The lowest BCUT2D eigenvalue weighted by Crippen LogP contribution is -1.86. The molecule has 0 aliphatic carbocycles. The van der Waals surface area contributed by atoms with Gasteiger partial charge in [-0.2, -0.15) is 0 Å². The van der Waals surface area contributed by atoms with E-state index in [9.17, 15) is 0 Å². The third-order valence-electron chi connectivity index (χ3n) is 1.75. The van der Waals surface area contributed by atoms with Gasteiger partial charge in [0.25, 0.3) is 0 Å². The van der Waals surface area contributed by atoms with Crippen LogP contribution in [-0.2, 0) is 0 Å². The molecule has 66 valence electrons. The first-order valence-corrected chi connectivity index (χ1v) is 6.06. The summed E-state index contributed by atoms with van der Waals surface area (Å²) < 4.78 is 1.22. The van der Waals surface area contributed by atoms with Gasteiger partial charge in [0.05, 0.1) is 5.52 Å². The van der Waals surface area contributed by atoms with E-state index in [-0.39, 0.29) is 0 Å². The van der Waals surface area contributed by atoms with Gasteiger partial charge in [-0.05, 0) is 47.0 Å². The molecule has 0 amide bonds. The highest BCUT2D eigenvalue weighted by Crippen LogP contribution is 2.23. The zero-order valence-corrected chi connectivity index (χ0v) is 9.96. The predicted molar refractivity (Wildman–Crippen MR) is 64.0 cm³/mol. The first-order chi connectivity index (χ1) is 6.31. The van der Waals surface area contributed by atoms with Crippen LogP contribution in [0.4, 0.5) is 0 Å². The Hall–Kier alpha value is -0.360. The zero-order chi connectivity index (χ0) is 9.26. The number of fused-ring (bicyclic) bond motifs is 1. The van der Waals surface area contributed by atoms with Crippen LogP contribution in [0, 0.1) is 3.57 Å². The number of benzene rings is 1. The summed E-state index contributed by atoms with van der Waals surface area (Å²) in [6.45, 7) is 0. The topological polar surface area (TPSA) is 25.8 Å². The van der Waals surface area contributed by atoms with Crippen molar-refractivity contribution in [2.24, 2.45) is 0 Å². The van der Waals surface area contributed by atoms with E-state index in [2.05, 4.69) is 44.7 Å². The average Bonchev–Trinajstić information content (AvgIpc) is 2.17. The lowest BCUT2D eigenvalue weighted by atomic mass is 10.2. The van der Waals surface area contributed by atoms with Crippen molar-refractivity contribution >= 4 is 45.3 Å². The Bertz CT molecular complexity index is 445. The van der Waals surface area contributed by atoms with E-state index in [0.717, 1.165) is 15.9 Å². The number of thioether (sulfide) groups is 1. The maximum atomic E-state index is 4.22. The molecular weight excluding hydrogens is 295 g/mol.